The van der Waals surface area contributed by atoms with Crippen molar-refractivity contribution < 1.29 is 9.59 Å². The second kappa shape index (κ2) is 10.2. The second-order valence-electron chi connectivity index (χ2n) is 8.49. The number of fused-ring (bicyclic) bond motifs is 5. The first-order valence-electron chi connectivity index (χ1n) is 11.7. The number of aromatic amines is 1. The van der Waals surface area contributed by atoms with Crippen molar-refractivity contribution in [3.63, 3.8) is 0 Å². The van der Waals surface area contributed by atoms with E-state index in [0.717, 1.165) is 16.6 Å². The molecule has 2 aromatic heterocycles. The maximum atomic E-state index is 13.4. The Bertz CT molecular complexity index is 1470. The van der Waals surface area contributed by atoms with E-state index in [2.05, 4.69) is 25.9 Å². The summed E-state index contributed by atoms with van der Waals surface area (Å²) in [4.78, 5) is 38.2. The van der Waals surface area contributed by atoms with Gasteiger partial charge in [-0.2, -0.15) is 0 Å². The maximum Gasteiger partial charge on any atom is 0.252 e. The molecule has 1 aliphatic heterocycles. The number of hydrogen-bond donors (Lipinski definition) is 4. The highest BCUT2D eigenvalue weighted by atomic mass is 35.5. The van der Waals surface area contributed by atoms with Crippen molar-refractivity contribution in [3.8, 4) is 11.3 Å². The summed E-state index contributed by atoms with van der Waals surface area (Å²) >= 11 is 6.60. The molecule has 0 aliphatic carbocycles. The van der Waals surface area contributed by atoms with Crippen LogP contribution in [0.4, 0.5) is 11.4 Å². The van der Waals surface area contributed by atoms with E-state index >= 15 is 0 Å². The summed E-state index contributed by atoms with van der Waals surface area (Å²) in [6.07, 6.45) is 6.97. The van der Waals surface area contributed by atoms with Gasteiger partial charge in [0.25, 0.3) is 5.91 Å². The molecule has 5 rings (SSSR count). The van der Waals surface area contributed by atoms with Crippen LogP contribution in [0.15, 0.2) is 66.9 Å². The molecule has 0 saturated carbocycles. The van der Waals surface area contributed by atoms with E-state index in [-0.39, 0.29) is 11.8 Å². The van der Waals surface area contributed by atoms with Crippen LogP contribution in [0.25, 0.3) is 22.2 Å². The third-order valence-electron chi connectivity index (χ3n) is 6.12. The minimum atomic E-state index is -0.462. The zero-order valence-electron chi connectivity index (χ0n) is 19.6. The highest BCUT2D eigenvalue weighted by Crippen LogP contribution is 2.35. The molecule has 1 atom stereocenters. The van der Waals surface area contributed by atoms with Crippen LogP contribution < -0.4 is 16.0 Å². The van der Waals surface area contributed by atoms with Gasteiger partial charge in [0.15, 0.2) is 0 Å². The largest absolute Gasteiger partial charge is 0.388 e. The fourth-order valence-corrected chi connectivity index (χ4v) is 4.52. The summed E-state index contributed by atoms with van der Waals surface area (Å²) < 4.78 is 0. The average molecular weight is 501 g/mol. The number of rotatable bonds is 3. The number of nitrogens with one attached hydrogen (secondary N) is 4. The van der Waals surface area contributed by atoms with Crippen LogP contribution in [0.3, 0.4) is 0 Å². The van der Waals surface area contributed by atoms with Crippen molar-refractivity contribution in [3.05, 3.63) is 83.4 Å². The number of aromatic nitrogens is 3. The van der Waals surface area contributed by atoms with Gasteiger partial charge in [0.1, 0.15) is 16.7 Å². The number of anilines is 2. The lowest BCUT2D eigenvalue weighted by atomic mass is 10.1. The van der Waals surface area contributed by atoms with Gasteiger partial charge in [0.05, 0.1) is 17.2 Å². The van der Waals surface area contributed by atoms with Crippen molar-refractivity contribution >= 4 is 45.7 Å². The van der Waals surface area contributed by atoms with Crippen LogP contribution in [-0.4, -0.2) is 33.8 Å². The third-order valence-corrected chi connectivity index (χ3v) is 6.39. The van der Waals surface area contributed by atoms with Crippen molar-refractivity contribution in [2.75, 3.05) is 17.7 Å². The number of imidazole rings is 1. The second-order valence-corrected chi connectivity index (χ2v) is 8.87. The van der Waals surface area contributed by atoms with Crippen molar-refractivity contribution in [2.45, 2.75) is 25.3 Å². The number of pyridine rings is 1. The SMILES string of the molecule is CNc1ccc2c(c1)NC(=O)CC/C=C/C[C@H](NC(=O)c1cccc3ncccc13)c1nc-2c(Cl)[nH]1. The van der Waals surface area contributed by atoms with E-state index < -0.39 is 6.04 Å². The molecule has 1 aliphatic rings. The van der Waals surface area contributed by atoms with Crippen molar-refractivity contribution in [1.82, 2.24) is 20.3 Å². The Hall–Kier alpha value is -4.17. The number of carbonyl (C=O) groups excluding carboxylic acids is 2. The molecule has 0 radical (unpaired) electrons. The Kier molecular flexibility index (Phi) is 6.69. The Balaban J connectivity index is 1.54. The van der Waals surface area contributed by atoms with E-state index in [1.807, 2.05) is 61.7 Å². The van der Waals surface area contributed by atoms with Crippen molar-refractivity contribution in [1.29, 1.82) is 0 Å². The lowest BCUT2D eigenvalue weighted by Gasteiger charge is -2.16. The van der Waals surface area contributed by atoms with E-state index in [1.54, 1.807) is 12.3 Å². The molecule has 2 bridgehead atoms. The normalized spacial score (nSPS) is 16.6. The molecule has 0 unspecified atom stereocenters. The zero-order chi connectivity index (χ0) is 25.1. The maximum absolute atomic E-state index is 13.4. The van der Waals surface area contributed by atoms with Crippen LogP contribution in [0.2, 0.25) is 5.15 Å². The van der Waals surface area contributed by atoms with Gasteiger partial charge in [-0.15, -0.1) is 0 Å². The average Bonchev–Trinajstić information content (AvgIpc) is 3.28. The molecule has 0 fully saturated rings. The van der Waals surface area contributed by atoms with Gasteiger partial charge < -0.3 is 20.9 Å². The Labute approximate surface area is 213 Å². The van der Waals surface area contributed by atoms with Crippen LogP contribution in [0.1, 0.15) is 41.5 Å². The number of hydrogen-bond acceptors (Lipinski definition) is 5. The van der Waals surface area contributed by atoms with Gasteiger partial charge in [-0.1, -0.05) is 35.9 Å². The summed E-state index contributed by atoms with van der Waals surface area (Å²) in [7, 11) is 1.81. The van der Waals surface area contributed by atoms with Crippen LogP contribution in [-0.2, 0) is 4.79 Å². The minimum absolute atomic E-state index is 0.102. The molecule has 36 heavy (non-hydrogen) atoms. The van der Waals surface area contributed by atoms with Gasteiger partial charge in [0, 0.05) is 41.9 Å². The van der Waals surface area contributed by atoms with Gasteiger partial charge in [0.2, 0.25) is 5.91 Å². The van der Waals surface area contributed by atoms with Gasteiger partial charge in [-0.3, -0.25) is 14.6 Å². The summed E-state index contributed by atoms with van der Waals surface area (Å²) in [5.41, 5.74) is 3.93. The van der Waals surface area contributed by atoms with Gasteiger partial charge in [-0.05, 0) is 49.2 Å². The summed E-state index contributed by atoms with van der Waals surface area (Å²) in [5.74, 6) is 0.191. The molecule has 3 heterocycles. The first-order valence-corrected chi connectivity index (χ1v) is 12.1. The van der Waals surface area contributed by atoms with Gasteiger partial charge in [-0.25, -0.2) is 4.98 Å². The molecule has 182 valence electrons. The Morgan fingerprint density at radius 2 is 2.03 bits per heavy atom. The van der Waals surface area contributed by atoms with Gasteiger partial charge >= 0.3 is 0 Å². The molecular weight excluding hydrogens is 476 g/mol. The summed E-state index contributed by atoms with van der Waals surface area (Å²) in [6, 6.07) is 14.3. The highest BCUT2D eigenvalue weighted by molar-refractivity contribution is 6.32. The molecule has 8 nitrogen and oxygen atoms in total. The molecule has 2 aromatic carbocycles. The van der Waals surface area contributed by atoms with E-state index in [9.17, 15) is 9.59 Å². The summed E-state index contributed by atoms with van der Waals surface area (Å²) in [5, 5.41) is 10.3. The first-order chi connectivity index (χ1) is 17.5. The monoisotopic (exact) mass is 500 g/mol. The predicted octanol–water partition coefficient (Wildman–Crippen LogP) is 5.47. The van der Waals surface area contributed by atoms with Crippen molar-refractivity contribution in [2.24, 2.45) is 0 Å². The lowest BCUT2D eigenvalue weighted by Crippen LogP contribution is -2.29. The Morgan fingerprint density at radius 3 is 2.89 bits per heavy atom. The molecule has 9 heteroatoms. The quantitative estimate of drug-likeness (QED) is 0.279. The summed E-state index contributed by atoms with van der Waals surface area (Å²) in [6.45, 7) is 0. The molecule has 0 saturated heterocycles. The number of carbonyl (C=O) groups is 2. The first kappa shape index (κ1) is 23.6. The molecule has 4 N–H and O–H groups in total. The standard InChI is InChI=1S/C27H25ClN6O2/c1-29-16-12-13-19-22(15-16)31-23(35)11-4-2-3-9-21(26-33-24(19)25(28)34-26)32-27(36)18-7-5-10-20-17(18)8-6-14-30-20/h2-3,5-8,10,12-15,21,29H,4,9,11H2,1H3,(H,31,35)(H,32,36)(H,33,34)/b3-2+/t21-/m0/s1. The lowest BCUT2D eigenvalue weighted by molar-refractivity contribution is -0.116. The number of amides is 2. The third kappa shape index (κ3) is 4.81. The smallest absolute Gasteiger partial charge is 0.252 e. The number of halogens is 1. The number of H-pyrrole nitrogens is 1. The highest BCUT2D eigenvalue weighted by Gasteiger charge is 2.23. The fraction of sp³-hybridized carbons (Fsp3) is 0.185. The predicted molar refractivity (Wildman–Crippen MR) is 142 cm³/mol. The van der Waals surface area contributed by atoms with E-state index in [4.69, 9.17) is 16.6 Å². The minimum Gasteiger partial charge on any atom is -0.388 e. The zero-order valence-corrected chi connectivity index (χ0v) is 20.4. The molecule has 2 amide bonds. The number of nitrogens with zero attached hydrogens (tertiary/aromatic N) is 2. The fourth-order valence-electron chi connectivity index (χ4n) is 4.28. The topological polar surface area (TPSA) is 112 Å². The number of benzene rings is 2. The van der Waals surface area contributed by atoms with E-state index in [1.165, 1.54) is 0 Å². The number of allylic oxidation sites excluding steroid dienone is 1. The molecular formula is C27H25ClN6O2. The van der Waals surface area contributed by atoms with Crippen LogP contribution >= 0.6 is 11.6 Å². The Morgan fingerprint density at radius 1 is 1.14 bits per heavy atom. The molecule has 4 aromatic rings. The van der Waals surface area contributed by atoms with E-state index in [0.29, 0.717) is 52.7 Å². The molecule has 0 spiro atoms. The van der Waals surface area contributed by atoms with Crippen LogP contribution in [0.5, 0.6) is 0 Å². The van der Waals surface area contributed by atoms with Crippen LogP contribution in [0, 0.1) is 0 Å².